The standard InChI is InChI=1S/C17H13N3/c1-20(15-8-3-2-4-9-15)17-14(12-18)11-13-7-5-6-10-16(13)19-17/h2-11H,1H3. The summed E-state index contributed by atoms with van der Waals surface area (Å²) in [5.74, 6) is 0.678. The lowest BCUT2D eigenvalue weighted by molar-refractivity contribution is 1.14. The Morgan fingerprint density at radius 1 is 1.00 bits per heavy atom. The summed E-state index contributed by atoms with van der Waals surface area (Å²) < 4.78 is 0. The predicted octanol–water partition coefficient (Wildman–Crippen LogP) is 3.87. The Bertz CT molecular complexity index is 788. The topological polar surface area (TPSA) is 39.9 Å². The van der Waals surface area contributed by atoms with Gasteiger partial charge in [0.1, 0.15) is 6.07 Å². The number of hydrogen-bond acceptors (Lipinski definition) is 3. The Morgan fingerprint density at radius 3 is 2.45 bits per heavy atom. The van der Waals surface area contributed by atoms with E-state index in [2.05, 4.69) is 11.1 Å². The number of fused-ring (bicyclic) bond motifs is 1. The minimum atomic E-state index is 0.579. The number of aromatic nitrogens is 1. The Balaban J connectivity index is 2.18. The molecular formula is C17H13N3. The first-order chi connectivity index (χ1) is 9.79. The van der Waals surface area contributed by atoms with Crippen molar-refractivity contribution in [3.8, 4) is 6.07 Å². The molecule has 0 unspecified atom stereocenters. The maximum atomic E-state index is 9.36. The third-order valence-corrected chi connectivity index (χ3v) is 3.29. The second-order valence-corrected chi connectivity index (χ2v) is 4.56. The number of hydrogen-bond donors (Lipinski definition) is 0. The average molecular weight is 259 g/mol. The van der Waals surface area contributed by atoms with E-state index in [9.17, 15) is 5.26 Å². The van der Waals surface area contributed by atoms with Gasteiger partial charge in [-0.05, 0) is 24.3 Å². The van der Waals surface area contributed by atoms with Crippen LogP contribution in [0.3, 0.4) is 0 Å². The molecule has 1 heterocycles. The van der Waals surface area contributed by atoms with Gasteiger partial charge < -0.3 is 4.90 Å². The van der Waals surface area contributed by atoms with Crippen LogP contribution in [-0.4, -0.2) is 12.0 Å². The van der Waals surface area contributed by atoms with Crippen molar-refractivity contribution in [3.05, 3.63) is 66.2 Å². The van der Waals surface area contributed by atoms with E-state index in [0.29, 0.717) is 11.4 Å². The van der Waals surface area contributed by atoms with Crippen LogP contribution < -0.4 is 4.90 Å². The van der Waals surface area contributed by atoms with Crippen LogP contribution in [0.5, 0.6) is 0 Å². The van der Waals surface area contributed by atoms with Crippen molar-refractivity contribution >= 4 is 22.4 Å². The zero-order chi connectivity index (χ0) is 13.9. The molecular weight excluding hydrogens is 246 g/mol. The Morgan fingerprint density at radius 2 is 1.70 bits per heavy atom. The van der Waals surface area contributed by atoms with Crippen molar-refractivity contribution in [2.45, 2.75) is 0 Å². The lowest BCUT2D eigenvalue weighted by Crippen LogP contribution is -2.12. The third kappa shape index (κ3) is 2.08. The Kier molecular flexibility index (Phi) is 3.06. The summed E-state index contributed by atoms with van der Waals surface area (Å²) in [4.78, 5) is 6.56. The first kappa shape index (κ1) is 12.2. The van der Waals surface area contributed by atoms with Gasteiger partial charge in [0.15, 0.2) is 5.82 Å². The van der Waals surface area contributed by atoms with Crippen molar-refractivity contribution in [1.82, 2.24) is 4.98 Å². The molecule has 0 saturated heterocycles. The minimum absolute atomic E-state index is 0.579. The number of para-hydroxylation sites is 2. The molecule has 3 aromatic rings. The van der Waals surface area contributed by atoms with Crippen LogP contribution in [0, 0.1) is 11.3 Å². The molecule has 20 heavy (non-hydrogen) atoms. The molecule has 0 amide bonds. The van der Waals surface area contributed by atoms with Gasteiger partial charge >= 0.3 is 0 Å². The molecule has 0 aliphatic heterocycles. The fourth-order valence-electron chi connectivity index (χ4n) is 2.22. The molecule has 0 fully saturated rings. The zero-order valence-corrected chi connectivity index (χ0v) is 11.1. The predicted molar refractivity (Wildman–Crippen MR) is 81.0 cm³/mol. The summed E-state index contributed by atoms with van der Waals surface area (Å²) in [6.07, 6.45) is 0. The molecule has 0 aliphatic carbocycles. The summed E-state index contributed by atoms with van der Waals surface area (Å²) in [5, 5.41) is 10.3. The van der Waals surface area contributed by atoms with Crippen LogP contribution >= 0.6 is 0 Å². The molecule has 0 bridgehead atoms. The number of rotatable bonds is 2. The largest absolute Gasteiger partial charge is 0.328 e. The maximum absolute atomic E-state index is 9.36. The van der Waals surface area contributed by atoms with Crippen LogP contribution in [0.1, 0.15) is 5.56 Å². The third-order valence-electron chi connectivity index (χ3n) is 3.29. The summed E-state index contributed by atoms with van der Waals surface area (Å²) >= 11 is 0. The number of anilines is 2. The van der Waals surface area contributed by atoms with E-state index in [1.807, 2.05) is 72.6 Å². The lowest BCUT2D eigenvalue weighted by Gasteiger charge is -2.19. The number of pyridine rings is 1. The zero-order valence-electron chi connectivity index (χ0n) is 11.1. The average Bonchev–Trinajstić information content (AvgIpc) is 2.53. The van der Waals surface area contributed by atoms with E-state index in [0.717, 1.165) is 16.6 Å². The smallest absolute Gasteiger partial charge is 0.151 e. The SMILES string of the molecule is CN(c1ccccc1)c1nc2ccccc2cc1C#N. The molecule has 2 aromatic carbocycles. The van der Waals surface area contributed by atoms with Crippen molar-refractivity contribution < 1.29 is 0 Å². The fraction of sp³-hybridized carbons (Fsp3) is 0.0588. The van der Waals surface area contributed by atoms with E-state index < -0.39 is 0 Å². The molecule has 96 valence electrons. The highest BCUT2D eigenvalue weighted by Gasteiger charge is 2.12. The molecule has 0 N–H and O–H groups in total. The van der Waals surface area contributed by atoms with Gasteiger partial charge in [0.05, 0.1) is 11.1 Å². The van der Waals surface area contributed by atoms with Crippen LogP contribution in [0.4, 0.5) is 11.5 Å². The first-order valence-electron chi connectivity index (χ1n) is 6.38. The molecule has 0 radical (unpaired) electrons. The van der Waals surface area contributed by atoms with E-state index in [1.54, 1.807) is 0 Å². The molecule has 3 heteroatoms. The summed E-state index contributed by atoms with van der Waals surface area (Å²) in [6, 6.07) is 21.9. The van der Waals surface area contributed by atoms with Gasteiger partial charge in [0.25, 0.3) is 0 Å². The van der Waals surface area contributed by atoms with E-state index in [4.69, 9.17) is 0 Å². The molecule has 0 aliphatic rings. The maximum Gasteiger partial charge on any atom is 0.151 e. The second kappa shape index (κ2) is 5.02. The van der Waals surface area contributed by atoms with E-state index in [1.165, 1.54) is 0 Å². The van der Waals surface area contributed by atoms with Gasteiger partial charge in [-0.15, -0.1) is 0 Å². The summed E-state index contributed by atoms with van der Waals surface area (Å²) in [7, 11) is 1.92. The quantitative estimate of drug-likeness (QED) is 0.701. The van der Waals surface area contributed by atoms with Gasteiger partial charge in [-0.3, -0.25) is 0 Å². The van der Waals surface area contributed by atoms with Crippen molar-refractivity contribution in [2.75, 3.05) is 11.9 Å². The van der Waals surface area contributed by atoms with Crippen molar-refractivity contribution in [1.29, 1.82) is 5.26 Å². The van der Waals surface area contributed by atoms with Crippen molar-refractivity contribution in [3.63, 3.8) is 0 Å². The molecule has 1 aromatic heterocycles. The molecule has 0 saturated carbocycles. The van der Waals surface area contributed by atoms with Gasteiger partial charge in [0, 0.05) is 18.1 Å². The molecule has 0 spiro atoms. The lowest BCUT2D eigenvalue weighted by atomic mass is 10.1. The summed E-state index contributed by atoms with van der Waals surface area (Å²) in [5.41, 5.74) is 2.48. The van der Waals surface area contributed by atoms with Crippen LogP contribution in [0.2, 0.25) is 0 Å². The second-order valence-electron chi connectivity index (χ2n) is 4.56. The van der Waals surface area contributed by atoms with Crippen LogP contribution in [0.15, 0.2) is 60.7 Å². The summed E-state index contributed by atoms with van der Waals surface area (Å²) in [6.45, 7) is 0. The van der Waals surface area contributed by atoms with Crippen molar-refractivity contribution in [2.24, 2.45) is 0 Å². The van der Waals surface area contributed by atoms with Gasteiger partial charge in [-0.2, -0.15) is 5.26 Å². The Hall–Kier alpha value is -2.86. The van der Waals surface area contributed by atoms with Gasteiger partial charge in [-0.1, -0.05) is 36.4 Å². The van der Waals surface area contributed by atoms with Crippen LogP contribution in [-0.2, 0) is 0 Å². The van der Waals surface area contributed by atoms with E-state index in [-0.39, 0.29) is 0 Å². The van der Waals surface area contributed by atoms with Gasteiger partial charge in [0.2, 0.25) is 0 Å². The first-order valence-corrected chi connectivity index (χ1v) is 6.38. The number of nitrogens with zero attached hydrogens (tertiary/aromatic N) is 3. The monoisotopic (exact) mass is 259 g/mol. The normalized spacial score (nSPS) is 10.2. The highest BCUT2D eigenvalue weighted by molar-refractivity contribution is 5.84. The van der Waals surface area contributed by atoms with E-state index >= 15 is 0 Å². The Labute approximate surface area is 117 Å². The highest BCUT2D eigenvalue weighted by atomic mass is 15.2. The number of benzene rings is 2. The molecule has 3 nitrogen and oxygen atoms in total. The fourth-order valence-corrected chi connectivity index (χ4v) is 2.22. The highest BCUT2D eigenvalue weighted by Crippen LogP contribution is 2.27. The minimum Gasteiger partial charge on any atom is -0.328 e. The molecule has 3 rings (SSSR count). The van der Waals surface area contributed by atoms with Gasteiger partial charge in [-0.25, -0.2) is 4.98 Å². The number of nitriles is 1. The molecule has 0 atom stereocenters. The van der Waals surface area contributed by atoms with Crippen LogP contribution in [0.25, 0.3) is 10.9 Å².